The molecule has 0 aromatic heterocycles. The molecular weight excluding hydrogens is 544 g/mol. The number of hydrogen-bond donors (Lipinski definition) is 2. The van der Waals surface area contributed by atoms with Crippen LogP contribution in [-0.4, -0.2) is 5.71 Å². The van der Waals surface area contributed by atoms with Crippen molar-refractivity contribution in [3.63, 3.8) is 0 Å². The quantitative estimate of drug-likeness (QED) is 0.177. The van der Waals surface area contributed by atoms with Gasteiger partial charge in [-0.15, -0.1) is 0 Å². The summed E-state index contributed by atoms with van der Waals surface area (Å²) in [7, 11) is 0. The van der Waals surface area contributed by atoms with Gasteiger partial charge in [-0.2, -0.15) is 0 Å². The summed E-state index contributed by atoms with van der Waals surface area (Å²) in [5.74, 6) is 1.47. The monoisotopic (exact) mass is 592 g/mol. The van der Waals surface area contributed by atoms with Gasteiger partial charge < -0.3 is 5.32 Å². The summed E-state index contributed by atoms with van der Waals surface area (Å²) >= 11 is 0. The molecule has 0 unspecified atom stereocenters. The molecule has 0 heterocycles. The van der Waals surface area contributed by atoms with Crippen LogP contribution in [0.2, 0.25) is 0 Å². The summed E-state index contributed by atoms with van der Waals surface area (Å²) in [5.41, 5.74) is 14.4. The summed E-state index contributed by atoms with van der Waals surface area (Å²) in [6, 6.07) is 32.4. The van der Waals surface area contributed by atoms with Crippen molar-refractivity contribution in [1.82, 2.24) is 0 Å². The predicted octanol–water partition coefficient (Wildman–Crippen LogP) is 12.2. The van der Waals surface area contributed by atoms with Crippen molar-refractivity contribution in [2.45, 2.75) is 79.1 Å². The minimum atomic E-state index is 0.365. The number of rotatable bonds is 10. The fraction of sp³-hybridized carbons (Fsp3) is 0.279. The van der Waals surface area contributed by atoms with Crippen molar-refractivity contribution in [3.8, 4) is 11.1 Å². The zero-order valence-corrected chi connectivity index (χ0v) is 28.2. The van der Waals surface area contributed by atoms with E-state index in [2.05, 4.69) is 170 Å². The number of hydrogen-bond acceptors (Lipinski definition) is 2. The van der Waals surface area contributed by atoms with Crippen LogP contribution >= 0.6 is 0 Å². The molecule has 0 saturated carbocycles. The van der Waals surface area contributed by atoms with Crippen molar-refractivity contribution in [2.75, 3.05) is 5.32 Å². The normalized spacial score (nSPS) is 14.1. The van der Waals surface area contributed by atoms with Gasteiger partial charge in [0, 0.05) is 22.4 Å². The molecule has 0 amide bonds. The van der Waals surface area contributed by atoms with Crippen LogP contribution in [0.5, 0.6) is 0 Å². The van der Waals surface area contributed by atoms with Crippen LogP contribution in [0.4, 0.5) is 5.69 Å². The maximum atomic E-state index is 9.79. The second-order valence-corrected chi connectivity index (χ2v) is 13.4. The highest BCUT2D eigenvalue weighted by Crippen LogP contribution is 2.41. The second-order valence-electron chi connectivity index (χ2n) is 13.4. The second kappa shape index (κ2) is 13.7. The molecule has 2 nitrogen and oxygen atoms in total. The van der Waals surface area contributed by atoms with Crippen molar-refractivity contribution in [3.05, 3.63) is 154 Å². The first kappa shape index (κ1) is 32.0. The van der Waals surface area contributed by atoms with Crippen LogP contribution in [0.25, 0.3) is 16.8 Å². The summed E-state index contributed by atoms with van der Waals surface area (Å²) in [6.07, 6.45) is 6.36. The fourth-order valence-electron chi connectivity index (χ4n) is 6.50. The Morgan fingerprint density at radius 2 is 1.09 bits per heavy atom. The molecule has 0 spiro atoms. The van der Waals surface area contributed by atoms with Gasteiger partial charge in [-0.05, 0) is 62.6 Å². The lowest BCUT2D eigenvalue weighted by Crippen LogP contribution is -2.13. The van der Waals surface area contributed by atoms with E-state index in [9.17, 15) is 5.41 Å². The van der Waals surface area contributed by atoms with Crippen LogP contribution in [-0.2, 0) is 0 Å². The van der Waals surface area contributed by atoms with Gasteiger partial charge in [-0.1, -0.05) is 165 Å². The zero-order chi connectivity index (χ0) is 32.2. The van der Waals surface area contributed by atoms with Crippen LogP contribution in [0.1, 0.15) is 112 Å². The van der Waals surface area contributed by atoms with Gasteiger partial charge in [0.15, 0.2) is 0 Å². The summed E-state index contributed by atoms with van der Waals surface area (Å²) in [6.45, 7) is 18.1. The Bertz CT molecular complexity index is 1730. The molecule has 0 aliphatic heterocycles. The zero-order valence-electron chi connectivity index (χ0n) is 28.2. The molecular formula is C43H48N2. The molecule has 0 radical (unpaired) electrons. The third-order valence-corrected chi connectivity index (χ3v) is 8.88. The highest BCUT2D eigenvalue weighted by atomic mass is 14.9. The van der Waals surface area contributed by atoms with E-state index in [1.54, 1.807) is 0 Å². The maximum absolute atomic E-state index is 9.79. The average Bonchev–Trinajstić information content (AvgIpc) is 3.52. The van der Waals surface area contributed by atoms with Crippen LogP contribution in [0, 0.1) is 5.41 Å². The Hall–Kier alpha value is -4.43. The summed E-state index contributed by atoms with van der Waals surface area (Å²) in [4.78, 5) is 0. The third kappa shape index (κ3) is 6.52. The van der Waals surface area contributed by atoms with E-state index < -0.39 is 0 Å². The van der Waals surface area contributed by atoms with Crippen molar-refractivity contribution in [2.24, 2.45) is 0 Å². The van der Waals surface area contributed by atoms with Crippen LogP contribution in [0.15, 0.2) is 120 Å². The van der Waals surface area contributed by atoms with Gasteiger partial charge in [0.05, 0.1) is 11.4 Å². The molecule has 4 aromatic rings. The van der Waals surface area contributed by atoms with Crippen molar-refractivity contribution in [1.29, 1.82) is 5.41 Å². The minimum absolute atomic E-state index is 0.365. The van der Waals surface area contributed by atoms with Gasteiger partial charge in [0.25, 0.3) is 0 Å². The van der Waals surface area contributed by atoms with Crippen LogP contribution < -0.4 is 5.32 Å². The number of anilines is 1. The number of para-hydroxylation sites is 1. The Morgan fingerprint density at radius 1 is 0.578 bits per heavy atom. The summed E-state index contributed by atoms with van der Waals surface area (Å²) in [5, 5.41) is 13.7. The topological polar surface area (TPSA) is 35.9 Å². The summed E-state index contributed by atoms with van der Waals surface area (Å²) < 4.78 is 0. The maximum Gasteiger partial charge on any atom is 0.0697 e. The predicted molar refractivity (Wildman–Crippen MR) is 196 cm³/mol. The molecule has 45 heavy (non-hydrogen) atoms. The van der Waals surface area contributed by atoms with E-state index in [0.717, 1.165) is 33.5 Å². The lowest BCUT2D eigenvalue weighted by Gasteiger charge is -2.25. The number of nitrogens with one attached hydrogen (secondary N) is 2. The van der Waals surface area contributed by atoms with Gasteiger partial charge in [0.1, 0.15) is 0 Å². The van der Waals surface area contributed by atoms with Crippen molar-refractivity contribution < 1.29 is 0 Å². The first-order valence-corrected chi connectivity index (χ1v) is 16.5. The first-order valence-electron chi connectivity index (χ1n) is 16.5. The molecule has 1 aliphatic rings. The number of allylic oxidation sites excluding steroid dienone is 5. The van der Waals surface area contributed by atoms with Gasteiger partial charge in [-0.25, -0.2) is 0 Å². The Balaban J connectivity index is 1.70. The molecule has 2 N–H and O–H groups in total. The standard InChI is InChI=1S/C43H48N2/c1-27(2)32-21-14-22-33(28(3)4)40(32)36-19-12-13-20-37(36)41(44)38-25-16-26-39(38)42(31-17-10-9-11-18-31)45-43-34(29(5)6)23-15-24-35(43)30(7)8/h9-30,44-45H,1-8H3/b42-39+,44-41?. The van der Waals surface area contributed by atoms with E-state index in [1.807, 2.05) is 0 Å². The van der Waals surface area contributed by atoms with Crippen LogP contribution in [0.3, 0.4) is 0 Å². The van der Waals surface area contributed by atoms with E-state index >= 15 is 0 Å². The SMILES string of the molecule is CC(C)c1cccc(C(C)C)c1N/C(=C1\C=CC=C1C(=N)c1ccccc1-c1c(C(C)C)cccc1C(C)C)c1ccccc1. The first-order chi connectivity index (χ1) is 21.6. The Kier molecular flexibility index (Phi) is 9.73. The van der Waals surface area contributed by atoms with Crippen molar-refractivity contribution >= 4 is 17.1 Å². The van der Waals surface area contributed by atoms with E-state index in [0.29, 0.717) is 29.4 Å². The molecule has 5 rings (SSSR count). The number of benzene rings is 4. The highest BCUT2D eigenvalue weighted by Gasteiger charge is 2.25. The van der Waals surface area contributed by atoms with Gasteiger partial charge in [0.2, 0.25) is 0 Å². The lowest BCUT2D eigenvalue weighted by atomic mass is 9.81. The van der Waals surface area contributed by atoms with E-state index in [1.165, 1.54) is 33.5 Å². The van der Waals surface area contributed by atoms with E-state index in [-0.39, 0.29) is 0 Å². The lowest BCUT2D eigenvalue weighted by molar-refractivity contribution is 0.838. The smallest absolute Gasteiger partial charge is 0.0697 e. The Morgan fingerprint density at radius 3 is 1.64 bits per heavy atom. The molecule has 230 valence electrons. The molecule has 0 saturated heterocycles. The minimum Gasteiger partial charge on any atom is -0.354 e. The third-order valence-electron chi connectivity index (χ3n) is 8.88. The van der Waals surface area contributed by atoms with Gasteiger partial charge in [-0.3, -0.25) is 5.41 Å². The highest BCUT2D eigenvalue weighted by molar-refractivity contribution is 6.19. The molecule has 0 bridgehead atoms. The molecule has 4 aromatic carbocycles. The molecule has 0 fully saturated rings. The van der Waals surface area contributed by atoms with E-state index in [4.69, 9.17) is 0 Å². The Labute approximate surface area is 271 Å². The largest absolute Gasteiger partial charge is 0.354 e. The average molecular weight is 593 g/mol. The molecule has 1 aliphatic carbocycles. The molecule has 0 atom stereocenters. The van der Waals surface area contributed by atoms with Gasteiger partial charge >= 0.3 is 0 Å². The fourth-order valence-corrected chi connectivity index (χ4v) is 6.50. The molecule has 2 heteroatoms.